The number of aryl methyl sites for hydroxylation is 1. The first kappa shape index (κ1) is 13.9. The Balaban J connectivity index is 2.00. The van der Waals surface area contributed by atoms with Crippen LogP contribution in [0.3, 0.4) is 0 Å². The highest BCUT2D eigenvalue weighted by atomic mass is 16.4. The zero-order valence-corrected chi connectivity index (χ0v) is 11.4. The van der Waals surface area contributed by atoms with Crippen molar-refractivity contribution in [1.29, 1.82) is 0 Å². The van der Waals surface area contributed by atoms with Crippen molar-refractivity contribution >= 4 is 11.7 Å². The number of benzene rings is 1. The lowest BCUT2D eigenvalue weighted by atomic mass is 9.96. The first-order chi connectivity index (χ1) is 9.06. The van der Waals surface area contributed by atoms with Gasteiger partial charge in [0, 0.05) is 31.7 Å². The van der Waals surface area contributed by atoms with E-state index in [1.54, 1.807) is 0 Å². The minimum atomic E-state index is -0.775. The number of carboxylic acid groups (broad SMARTS) is 1. The molecule has 3 N–H and O–H groups in total. The van der Waals surface area contributed by atoms with Crippen LogP contribution in [0.15, 0.2) is 18.2 Å². The van der Waals surface area contributed by atoms with E-state index in [2.05, 4.69) is 30.1 Å². The number of hydrogen-bond donors (Lipinski definition) is 2. The molecule has 0 saturated carbocycles. The number of carboxylic acids is 1. The maximum absolute atomic E-state index is 10.5. The summed E-state index contributed by atoms with van der Waals surface area (Å²) in [5.74, 6) is -0.775. The van der Waals surface area contributed by atoms with Gasteiger partial charge >= 0.3 is 5.97 Å². The Morgan fingerprint density at radius 1 is 1.53 bits per heavy atom. The SMILES string of the molecule is CN1CCCc2cc(CC(N)CCC(=O)O)ccc21. The Kier molecular flexibility index (Phi) is 4.43. The molecule has 0 saturated heterocycles. The lowest BCUT2D eigenvalue weighted by Crippen LogP contribution is -2.26. The molecule has 1 aromatic carbocycles. The van der Waals surface area contributed by atoms with Crippen LogP contribution < -0.4 is 10.6 Å². The standard InChI is InChI=1S/C15H22N2O2/c1-17-8-2-3-12-9-11(4-6-14(12)17)10-13(16)5-7-15(18)19/h4,6,9,13H,2-3,5,7-8,10,16H2,1H3,(H,18,19). The molecule has 0 aliphatic carbocycles. The minimum absolute atomic E-state index is 0.0736. The lowest BCUT2D eigenvalue weighted by molar-refractivity contribution is -0.137. The highest BCUT2D eigenvalue weighted by Gasteiger charge is 2.14. The molecule has 4 heteroatoms. The average Bonchev–Trinajstić information content (AvgIpc) is 2.36. The molecule has 1 aliphatic heterocycles. The second kappa shape index (κ2) is 6.06. The Morgan fingerprint density at radius 3 is 3.05 bits per heavy atom. The summed E-state index contributed by atoms with van der Waals surface area (Å²) in [5, 5.41) is 8.65. The summed E-state index contributed by atoms with van der Waals surface area (Å²) in [7, 11) is 2.12. The summed E-state index contributed by atoms with van der Waals surface area (Å²) in [5.41, 5.74) is 9.90. The molecular weight excluding hydrogens is 240 g/mol. The monoisotopic (exact) mass is 262 g/mol. The molecule has 1 aliphatic rings. The fourth-order valence-electron chi connectivity index (χ4n) is 2.68. The zero-order valence-electron chi connectivity index (χ0n) is 11.4. The third-order valence-electron chi connectivity index (χ3n) is 3.72. The molecule has 0 amide bonds. The van der Waals surface area contributed by atoms with E-state index >= 15 is 0 Å². The lowest BCUT2D eigenvalue weighted by Gasteiger charge is -2.28. The van der Waals surface area contributed by atoms with Crippen LogP contribution in [0.1, 0.15) is 30.4 Å². The van der Waals surface area contributed by atoms with Crippen LogP contribution in [0.4, 0.5) is 5.69 Å². The van der Waals surface area contributed by atoms with Gasteiger partial charge in [-0.2, -0.15) is 0 Å². The third-order valence-corrected chi connectivity index (χ3v) is 3.72. The number of nitrogens with zero attached hydrogens (tertiary/aromatic N) is 1. The number of rotatable bonds is 5. The number of fused-ring (bicyclic) bond motifs is 1. The van der Waals surface area contributed by atoms with Crippen molar-refractivity contribution in [3.05, 3.63) is 29.3 Å². The summed E-state index contributed by atoms with van der Waals surface area (Å²) in [4.78, 5) is 12.8. The molecule has 4 nitrogen and oxygen atoms in total. The topological polar surface area (TPSA) is 66.6 Å². The second-order valence-electron chi connectivity index (χ2n) is 5.38. The highest BCUT2D eigenvalue weighted by molar-refractivity contribution is 5.66. The van der Waals surface area contributed by atoms with E-state index < -0.39 is 5.97 Å². The summed E-state index contributed by atoms with van der Waals surface area (Å²) in [6.45, 7) is 1.12. The van der Waals surface area contributed by atoms with Crippen LogP contribution in [0, 0.1) is 0 Å². The fraction of sp³-hybridized carbons (Fsp3) is 0.533. The number of anilines is 1. The minimum Gasteiger partial charge on any atom is -0.481 e. The molecule has 0 fully saturated rings. The molecule has 0 bridgehead atoms. The van der Waals surface area contributed by atoms with Crippen molar-refractivity contribution in [3.8, 4) is 0 Å². The van der Waals surface area contributed by atoms with Crippen molar-refractivity contribution in [2.24, 2.45) is 5.73 Å². The molecule has 2 rings (SSSR count). The van der Waals surface area contributed by atoms with Crippen molar-refractivity contribution in [1.82, 2.24) is 0 Å². The third kappa shape index (κ3) is 3.70. The van der Waals surface area contributed by atoms with Crippen molar-refractivity contribution in [2.75, 3.05) is 18.5 Å². The van der Waals surface area contributed by atoms with Gasteiger partial charge in [0.25, 0.3) is 0 Å². The summed E-state index contributed by atoms with van der Waals surface area (Å²) < 4.78 is 0. The van der Waals surface area contributed by atoms with Crippen LogP contribution in [0.2, 0.25) is 0 Å². The van der Waals surface area contributed by atoms with E-state index in [4.69, 9.17) is 10.8 Å². The second-order valence-corrected chi connectivity index (χ2v) is 5.38. The molecule has 1 heterocycles. The van der Waals surface area contributed by atoms with E-state index in [0.717, 1.165) is 19.4 Å². The van der Waals surface area contributed by atoms with Crippen LogP contribution in [-0.2, 0) is 17.6 Å². The largest absolute Gasteiger partial charge is 0.481 e. The van der Waals surface area contributed by atoms with Gasteiger partial charge in [-0.25, -0.2) is 0 Å². The first-order valence-electron chi connectivity index (χ1n) is 6.86. The van der Waals surface area contributed by atoms with E-state index in [9.17, 15) is 4.79 Å². The predicted octanol–water partition coefficient (Wildman–Crippen LogP) is 1.80. The molecule has 19 heavy (non-hydrogen) atoms. The van der Waals surface area contributed by atoms with Crippen LogP contribution in [-0.4, -0.2) is 30.7 Å². The van der Waals surface area contributed by atoms with Gasteiger partial charge < -0.3 is 15.7 Å². The van der Waals surface area contributed by atoms with Gasteiger partial charge in [-0.3, -0.25) is 4.79 Å². The van der Waals surface area contributed by atoms with Gasteiger partial charge in [-0.05, 0) is 42.9 Å². The maximum atomic E-state index is 10.5. The van der Waals surface area contributed by atoms with Gasteiger partial charge in [-0.15, -0.1) is 0 Å². The summed E-state index contributed by atoms with van der Waals surface area (Å²) >= 11 is 0. The van der Waals surface area contributed by atoms with Gasteiger partial charge in [0.05, 0.1) is 0 Å². The Morgan fingerprint density at radius 2 is 2.32 bits per heavy atom. The molecule has 1 aromatic rings. The molecule has 0 radical (unpaired) electrons. The Bertz CT molecular complexity index is 459. The summed E-state index contributed by atoms with van der Waals surface area (Å²) in [6.07, 6.45) is 3.75. The number of nitrogens with two attached hydrogens (primary N) is 1. The van der Waals surface area contributed by atoms with E-state index in [1.807, 2.05) is 0 Å². The maximum Gasteiger partial charge on any atom is 0.303 e. The van der Waals surface area contributed by atoms with Gasteiger partial charge in [0.1, 0.15) is 0 Å². The van der Waals surface area contributed by atoms with E-state index in [-0.39, 0.29) is 12.5 Å². The van der Waals surface area contributed by atoms with Crippen LogP contribution in [0.25, 0.3) is 0 Å². The molecular formula is C15H22N2O2. The normalized spacial score (nSPS) is 16.0. The average molecular weight is 262 g/mol. The first-order valence-corrected chi connectivity index (χ1v) is 6.86. The van der Waals surface area contributed by atoms with Crippen LogP contribution in [0.5, 0.6) is 0 Å². The van der Waals surface area contributed by atoms with Crippen LogP contribution >= 0.6 is 0 Å². The van der Waals surface area contributed by atoms with Gasteiger partial charge in [-0.1, -0.05) is 12.1 Å². The highest BCUT2D eigenvalue weighted by Crippen LogP contribution is 2.27. The van der Waals surface area contributed by atoms with E-state index in [1.165, 1.54) is 23.2 Å². The smallest absolute Gasteiger partial charge is 0.303 e. The predicted molar refractivity (Wildman–Crippen MR) is 76.6 cm³/mol. The van der Waals surface area contributed by atoms with Crippen molar-refractivity contribution in [3.63, 3.8) is 0 Å². The van der Waals surface area contributed by atoms with Gasteiger partial charge in [0.15, 0.2) is 0 Å². The van der Waals surface area contributed by atoms with Crippen molar-refractivity contribution < 1.29 is 9.90 Å². The van der Waals surface area contributed by atoms with Gasteiger partial charge in [0.2, 0.25) is 0 Å². The molecule has 1 atom stereocenters. The number of aliphatic carboxylic acids is 1. The zero-order chi connectivity index (χ0) is 13.8. The Hall–Kier alpha value is -1.55. The number of carbonyl (C=O) groups is 1. The molecule has 1 unspecified atom stereocenters. The molecule has 0 spiro atoms. The van der Waals surface area contributed by atoms with Crippen molar-refractivity contribution in [2.45, 2.75) is 38.1 Å². The Labute approximate surface area is 114 Å². The molecule has 104 valence electrons. The summed E-state index contributed by atoms with van der Waals surface area (Å²) in [6, 6.07) is 6.43. The van der Waals surface area contributed by atoms with E-state index in [0.29, 0.717) is 6.42 Å². The quantitative estimate of drug-likeness (QED) is 0.849. The number of hydrogen-bond acceptors (Lipinski definition) is 3. The fourth-order valence-corrected chi connectivity index (χ4v) is 2.68. The molecule has 0 aromatic heterocycles.